The summed E-state index contributed by atoms with van der Waals surface area (Å²) in [5, 5.41) is 0. The summed E-state index contributed by atoms with van der Waals surface area (Å²) in [6.45, 7) is 2.23. The van der Waals surface area contributed by atoms with Crippen LogP contribution in [0.15, 0.2) is 54.6 Å². The molecule has 0 radical (unpaired) electrons. The molecule has 134 valence electrons. The lowest BCUT2D eigenvalue weighted by Gasteiger charge is -2.33. The maximum atomic E-state index is 13.4. The van der Waals surface area contributed by atoms with Crippen LogP contribution in [0, 0.1) is 12.7 Å². The van der Waals surface area contributed by atoms with Crippen LogP contribution < -0.4 is 0 Å². The Labute approximate surface area is 153 Å². The van der Waals surface area contributed by atoms with Gasteiger partial charge in [-0.2, -0.15) is 0 Å². The lowest BCUT2D eigenvalue weighted by Crippen LogP contribution is -2.43. The third kappa shape index (κ3) is 3.24. The molecule has 2 unspecified atom stereocenters. The van der Waals surface area contributed by atoms with Gasteiger partial charge in [0.15, 0.2) is 0 Å². The Kier molecular flexibility index (Phi) is 4.49. The molecule has 1 amide bonds. The lowest BCUT2D eigenvalue weighted by atomic mass is 9.92. The average molecular weight is 351 g/mol. The Morgan fingerprint density at radius 3 is 2.73 bits per heavy atom. The minimum absolute atomic E-state index is 0.0662. The van der Waals surface area contributed by atoms with Gasteiger partial charge in [0.05, 0.1) is 6.04 Å². The molecule has 2 atom stereocenters. The van der Waals surface area contributed by atoms with Gasteiger partial charge >= 0.3 is 6.09 Å². The minimum Gasteiger partial charge on any atom is -0.445 e. The van der Waals surface area contributed by atoms with Crippen molar-refractivity contribution < 1.29 is 13.9 Å². The molecule has 0 spiro atoms. The van der Waals surface area contributed by atoms with Gasteiger partial charge in [-0.15, -0.1) is 0 Å². The van der Waals surface area contributed by atoms with Crippen LogP contribution in [0.5, 0.6) is 0 Å². The number of aryl methyl sites for hydroxylation is 1. The van der Waals surface area contributed by atoms with E-state index in [1.165, 1.54) is 11.6 Å². The highest BCUT2D eigenvalue weighted by atomic mass is 19.1. The van der Waals surface area contributed by atoms with Crippen LogP contribution in [0.2, 0.25) is 0 Å². The Morgan fingerprint density at radius 2 is 2.00 bits per heavy atom. The number of rotatable bonds is 3. The summed E-state index contributed by atoms with van der Waals surface area (Å²) in [4.78, 5) is 14.5. The molecule has 2 aromatic rings. The summed E-state index contributed by atoms with van der Waals surface area (Å²) >= 11 is 0. The van der Waals surface area contributed by atoms with Gasteiger partial charge in [-0.05, 0) is 60.6 Å². The van der Waals surface area contributed by atoms with Crippen LogP contribution in [-0.2, 0) is 11.3 Å². The van der Waals surface area contributed by atoms with Crippen LogP contribution >= 0.6 is 0 Å². The summed E-state index contributed by atoms with van der Waals surface area (Å²) in [5.74, 6) is -0.211. The third-order valence-corrected chi connectivity index (χ3v) is 5.35. The zero-order valence-corrected chi connectivity index (χ0v) is 14.8. The number of carbonyl (C=O) groups excluding carboxylic acids is 1. The normalized spacial score (nSPS) is 21.5. The molecular weight excluding hydrogens is 329 g/mol. The molecule has 2 heterocycles. The number of hydrogen-bond donors (Lipinski definition) is 0. The number of benzene rings is 2. The monoisotopic (exact) mass is 351 g/mol. The van der Waals surface area contributed by atoms with E-state index in [0.717, 1.165) is 36.0 Å². The molecule has 2 aliphatic heterocycles. The van der Waals surface area contributed by atoms with Crippen molar-refractivity contribution in [3.05, 3.63) is 77.1 Å². The smallest absolute Gasteiger partial charge is 0.410 e. The van der Waals surface area contributed by atoms with E-state index in [1.54, 1.807) is 6.07 Å². The average Bonchev–Trinajstić information content (AvgIpc) is 2.90. The predicted octanol–water partition coefficient (Wildman–Crippen LogP) is 5.09. The summed E-state index contributed by atoms with van der Waals surface area (Å²) in [6, 6.07) is 14.9. The number of ether oxygens (including phenoxy) is 1. The Hall–Kier alpha value is -2.62. The predicted molar refractivity (Wildman–Crippen MR) is 99.0 cm³/mol. The lowest BCUT2D eigenvalue weighted by molar-refractivity contribution is 0.0832. The van der Waals surface area contributed by atoms with Crippen molar-refractivity contribution in [1.29, 1.82) is 0 Å². The second-order valence-corrected chi connectivity index (χ2v) is 7.10. The first-order chi connectivity index (χ1) is 12.6. The highest BCUT2D eigenvalue weighted by Gasteiger charge is 2.40. The van der Waals surface area contributed by atoms with Crippen molar-refractivity contribution in [2.45, 2.75) is 44.9 Å². The van der Waals surface area contributed by atoms with Crippen molar-refractivity contribution in [2.24, 2.45) is 0 Å². The fourth-order valence-corrected chi connectivity index (χ4v) is 4.10. The Morgan fingerprint density at radius 1 is 1.19 bits per heavy atom. The van der Waals surface area contributed by atoms with Crippen molar-refractivity contribution in [2.75, 3.05) is 0 Å². The van der Waals surface area contributed by atoms with Gasteiger partial charge < -0.3 is 4.74 Å². The second-order valence-electron chi connectivity index (χ2n) is 7.10. The highest BCUT2D eigenvalue weighted by molar-refractivity contribution is 5.76. The van der Waals surface area contributed by atoms with Gasteiger partial charge in [0.1, 0.15) is 12.4 Å². The Bertz CT molecular complexity index is 846. The second kappa shape index (κ2) is 6.94. The molecule has 0 N–H and O–H groups in total. The van der Waals surface area contributed by atoms with Crippen LogP contribution in [0.25, 0.3) is 5.57 Å². The van der Waals surface area contributed by atoms with Crippen molar-refractivity contribution in [3.63, 3.8) is 0 Å². The summed E-state index contributed by atoms with van der Waals surface area (Å²) in [5.41, 5.74) is 4.22. The van der Waals surface area contributed by atoms with Gasteiger partial charge in [-0.25, -0.2) is 9.18 Å². The van der Waals surface area contributed by atoms with E-state index in [-0.39, 0.29) is 24.0 Å². The summed E-state index contributed by atoms with van der Waals surface area (Å²) in [7, 11) is 0. The van der Waals surface area contributed by atoms with Crippen molar-refractivity contribution in [1.82, 2.24) is 4.90 Å². The van der Waals surface area contributed by atoms with E-state index in [1.807, 2.05) is 48.2 Å². The van der Waals surface area contributed by atoms with E-state index in [9.17, 15) is 9.18 Å². The maximum Gasteiger partial charge on any atom is 0.410 e. The fraction of sp³-hybridized carbons (Fsp3) is 0.318. The molecule has 2 bridgehead atoms. The van der Waals surface area contributed by atoms with E-state index in [4.69, 9.17) is 4.74 Å². The summed E-state index contributed by atoms with van der Waals surface area (Å²) < 4.78 is 18.9. The topological polar surface area (TPSA) is 29.5 Å². The number of amides is 1. The zero-order chi connectivity index (χ0) is 18.1. The molecular formula is C22H22FNO2. The van der Waals surface area contributed by atoms with E-state index in [2.05, 4.69) is 6.08 Å². The van der Waals surface area contributed by atoms with E-state index >= 15 is 0 Å². The molecule has 0 aromatic heterocycles. The molecule has 26 heavy (non-hydrogen) atoms. The number of carbonyl (C=O) groups is 1. The van der Waals surface area contributed by atoms with Gasteiger partial charge in [-0.1, -0.05) is 42.5 Å². The molecule has 1 saturated heterocycles. The third-order valence-electron chi connectivity index (χ3n) is 5.35. The van der Waals surface area contributed by atoms with Crippen molar-refractivity contribution in [3.8, 4) is 0 Å². The number of nitrogens with zero attached hydrogens (tertiary/aromatic N) is 1. The van der Waals surface area contributed by atoms with Gasteiger partial charge in [0.25, 0.3) is 0 Å². The van der Waals surface area contributed by atoms with Crippen LogP contribution in [0.1, 0.15) is 36.0 Å². The maximum absolute atomic E-state index is 13.4. The SMILES string of the molecule is Cc1cc(F)ccc1C1=CC2CCC(C1)N2C(=O)OCc1ccccc1. The number of fused-ring (bicyclic) bond motifs is 2. The van der Waals surface area contributed by atoms with Crippen molar-refractivity contribution >= 4 is 11.7 Å². The van der Waals surface area contributed by atoms with E-state index < -0.39 is 0 Å². The molecule has 0 aliphatic carbocycles. The zero-order valence-electron chi connectivity index (χ0n) is 14.8. The molecule has 0 saturated carbocycles. The standard InChI is InChI=1S/C22H22FNO2/c1-15-11-18(23)7-10-21(15)17-12-19-8-9-20(13-17)24(19)22(25)26-14-16-5-3-2-4-6-16/h2-7,10-12,19-20H,8-9,13-14H2,1H3. The fourth-order valence-electron chi connectivity index (χ4n) is 4.10. The summed E-state index contributed by atoms with van der Waals surface area (Å²) in [6.07, 6.45) is 4.64. The molecule has 4 rings (SSSR count). The minimum atomic E-state index is -0.243. The van der Waals surface area contributed by atoms with Crippen LogP contribution in [0.4, 0.5) is 9.18 Å². The molecule has 2 aromatic carbocycles. The molecule has 2 aliphatic rings. The van der Waals surface area contributed by atoms with Crippen LogP contribution in [0.3, 0.4) is 0 Å². The molecule has 4 heteroatoms. The molecule has 3 nitrogen and oxygen atoms in total. The Balaban J connectivity index is 1.49. The highest BCUT2D eigenvalue weighted by Crippen LogP contribution is 2.39. The molecule has 1 fully saturated rings. The first-order valence-corrected chi connectivity index (χ1v) is 9.08. The quantitative estimate of drug-likeness (QED) is 0.771. The first-order valence-electron chi connectivity index (χ1n) is 9.08. The number of halogens is 1. The van der Waals surface area contributed by atoms with E-state index in [0.29, 0.717) is 6.61 Å². The van der Waals surface area contributed by atoms with Gasteiger partial charge in [0.2, 0.25) is 0 Å². The largest absolute Gasteiger partial charge is 0.445 e. The number of hydrogen-bond acceptors (Lipinski definition) is 2. The van der Waals surface area contributed by atoms with Gasteiger partial charge in [-0.3, -0.25) is 4.90 Å². The van der Waals surface area contributed by atoms with Crippen LogP contribution in [-0.4, -0.2) is 23.1 Å². The van der Waals surface area contributed by atoms with Gasteiger partial charge in [0, 0.05) is 6.04 Å². The first kappa shape index (κ1) is 16.8.